The van der Waals surface area contributed by atoms with Crippen LogP contribution in [0.2, 0.25) is 0 Å². The number of ether oxygens (including phenoxy) is 3. The molecule has 4 rings (SSSR count). The third-order valence-corrected chi connectivity index (χ3v) is 10.0. The molecule has 0 amide bonds. The molecule has 3 N–H and O–H groups in total. The van der Waals surface area contributed by atoms with E-state index in [0.717, 1.165) is 36.9 Å². The quantitative estimate of drug-likeness (QED) is 0.0544. The van der Waals surface area contributed by atoms with Crippen LogP contribution < -0.4 is 10.5 Å². The van der Waals surface area contributed by atoms with Crippen molar-refractivity contribution in [3.63, 3.8) is 0 Å². The van der Waals surface area contributed by atoms with Gasteiger partial charge in [0.2, 0.25) is 5.88 Å². The van der Waals surface area contributed by atoms with Crippen molar-refractivity contribution in [1.29, 1.82) is 5.26 Å². The van der Waals surface area contributed by atoms with Crippen molar-refractivity contribution in [1.82, 2.24) is 19.6 Å². The Bertz CT molecular complexity index is 1420. The lowest BCUT2D eigenvalue weighted by molar-refractivity contribution is 0.00130. The van der Waals surface area contributed by atoms with Gasteiger partial charge in [0.25, 0.3) is 0 Å². The summed E-state index contributed by atoms with van der Waals surface area (Å²) in [6.07, 6.45) is 23.2. The Balaban J connectivity index is 1.07. The van der Waals surface area contributed by atoms with Gasteiger partial charge in [0.15, 0.2) is 5.82 Å². The summed E-state index contributed by atoms with van der Waals surface area (Å²) in [4.78, 5) is 18.8. The highest BCUT2D eigenvalue weighted by Crippen LogP contribution is 2.38. The van der Waals surface area contributed by atoms with E-state index in [4.69, 9.17) is 29.0 Å². The van der Waals surface area contributed by atoms with E-state index in [1.165, 1.54) is 96.2 Å². The van der Waals surface area contributed by atoms with Gasteiger partial charge in [-0.25, -0.2) is 14.5 Å². The number of rotatable bonds is 28. The van der Waals surface area contributed by atoms with E-state index in [-0.39, 0.29) is 37.7 Å². The number of nitrogens with two attached hydrogens (primary N) is 1. The molecule has 1 aliphatic heterocycles. The second-order valence-corrected chi connectivity index (χ2v) is 14.4. The first kappa shape index (κ1) is 40.9. The Kier molecular flexibility index (Phi) is 19.5. The van der Waals surface area contributed by atoms with Gasteiger partial charge >= 0.3 is 8.60 Å². The molecule has 1 saturated heterocycles. The van der Waals surface area contributed by atoms with E-state index < -0.39 is 14.7 Å². The molecule has 13 heteroatoms. The van der Waals surface area contributed by atoms with E-state index in [1.807, 2.05) is 18.2 Å². The van der Waals surface area contributed by atoms with Gasteiger partial charge in [-0.2, -0.15) is 10.4 Å². The molecule has 4 atom stereocenters. The number of hydrogen-bond acceptors (Lipinski definition) is 11. The van der Waals surface area contributed by atoms with Crippen molar-refractivity contribution in [3.8, 4) is 11.9 Å². The molecule has 1 aliphatic rings. The van der Waals surface area contributed by atoms with Crippen LogP contribution >= 0.6 is 8.60 Å². The van der Waals surface area contributed by atoms with E-state index in [1.54, 1.807) is 22.7 Å². The Hall–Kier alpha value is -2.91. The van der Waals surface area contributed by atoms with E-state index in [9.17, 15) is 10.2 Å². The van der Waals surface area contributed by atoms with Gasteiger partial charge in [-0.15, -0.1) is 0 Å². The van der Waals surface area contributed by atoms with Crippen LogP contribution in [0.5, 0.6) is 5.88 Å². The molecule has 0 spiro atoms. The molecule has 4 unspecified atom stereocenters. The summed E-state index contributed by atoms with van der Waals surface area (Å²) >= 11 is 0. The Morgan fingerprint density at radius 2 is 1.61 bits per heavy atom. The van der Waals surface area contributed by atoms with Crippen LogP contribution in [-0.2, 0) is 18.5 Å². The van der Waals surface area contributed by atoms with Gasteiger partial charge in [0, 0.05) is 12.7 Å². The van der Waals surface area contributed by atoms with Crippen molar-refractivity contribution in [2.75, 3.05) is 32.2 Å². The zero-order chi connectivity index (χ0) is 35.9. The summed E-state index contributed by atoms with van der Waals surface area (Å²) in [6, 6.07) is 10.9. The summed E-state index contributed by atoms with van der Waals surface area (Å²) in [7, 11) is -2.18. The summed E-state index contributed by atoms with van der Waals surface area (Å²) in [5.41, 5.74) is 7.86. The normalized spacial score (nSPS) is 17.1. The van der Waals surface area contributed by atoms with E-state index in [2.05, 4.69) is 22.0 Å². The number of unbranched alkanes of at least 4 members (excludes halogenated alkanes) is 15. The van der Waals surface area contributed by atoms with Crippen LogP contribution in [0.25, 0.3) is 5.52 Å². The zero-order valence-corrected chi connectivity index (χ0v) is 31.4. The second kappa shape index (κ2) is 24.4. The number of anilines is 1. The third kappa shape index (κ3) is 15.3. The first-order valence-corrected chi connectivity index (χ1v) is 20.3. The predicted octanol–water partition coefficient (Wildman–Crippen LogP) is 8.78. The number of nitrogens with zero attached hydrogens (tertiary/aromatic N) is 5. The number of pyridine rings is 1. The minimum atomic E-state index is -2.18. The predicted molar refractivity (Wildman–Crippen MR) is 199 cm³/mol. The average Bonchev–Trinajstić information content (AvgIpc) is 3.80. The SMILES string of the molecule is CCCCCCCCCCCCCCCCCCOCC(COP(O)OCC1CCC(c2ccc3c(N)ncnn23)O1)Oc1cccc(C#N)n1. The number of hydrogen-bond donors (Lipinski definition) is 2. The number of fused-ring (bicyclic) bond motifs is 1. The largest absolute Gasteiger partial charge is 0.469 e. The molecule has 51 heavy (non-hydrogen) atoms. The van der Waals surface area contributed by atoms with Gasteiger partial charge in [-0.3, -0.25) is 0 Å². The molecule has 3 aromatic rings. The van der Waals surface area contributed by atoms with E-state index in [0.29, 0.717) is 18.3 Å². The number of nitrogen functional groups attached to an aromatic ring is 1. The molecule has 0 aromatic carbocycles. The first-order chi connectivity index (χ1) is 25.1. The van der Waals surface area contributed by atoms with Crippen molar-refractivity contribution in [2.24, 2.45) is 0 Å². The number of aromatic nitrogens is 4. The molecular weight excluding hydrogens is 667 g/mol. The standard InChI is InChI=1S/C38H59N6O6P/c1-2-3-4-5-6-7-8-9-10-11-12-13-14-15-16-17-25-46-27-33(50-37-20-18-19-31(26-39)43-37)29-48-51(45)47-28-32-21-24-36(49-32)34-22-23-35-38(40)41-30-42-44(34)35/h18-20,22-23,30,32-33,36,45H,2-17,21,24-25,27-29H2,1H3,(H2,40,41,42). The molecule has 12 nitrogen and oxygen atoms in total. The van der Waals surface area contributed by atoms with Crippen LogP contribution in [-0.4, -0.2) is 63.1 Å². The van der Waals surface area contributed by atoms with E-state index >= 15 is 0 Å². The second-order valence-electron chi connectivity index (χ2n) is 13.4. The highest BCUT2D eigenvalue weighted by Gasteiger charge is 2.30. The highest BCUT2D eigenvalue weighted by atomic mass is 31.2. The van der Waals surface area contributed by atoms with Crippen LogP contribution in [0.4, 0.5) is 5.82 Å². The average molecular weight is 727 g/mol. The lowest BCUT2D eigenvalue weighted by Gasteiger charge is -2.21. The van der Waals surface area contributed by atoms with Gasteiger partial charge in [0.1, 0.15) is 35.8 Å². The fourth-order valence-electron chi connectivity index (χ4n) is 6.39. The third-order valence-electron chi connectivity index (χ3n) is 9.26. The molecule has 3 aromatic heterocycles. The Labute approximate surface area is 305 Å². The molecule has 0 aliphatic carbocycles. The molecule has 4 heterocycles. The van der Waals surface area contributed by atoms with Crippen molar-refractivity contribution >= 4 is 19.9 Å². The molecule has 1 fully saturated rings. The van der Waals surface area contributed by atoms with Crippen LogP contribution in [0.15, 0.2) is 36.7 Å². The minimum absolute atomic E-state index is 0.0328. The summed E-state index contributed by atoms with van der Waals surface area (Å²) in [6.45, 7) is 3.37. The van der Waals surface area contributed by atoms with Gasteiger partial charge < -0.3 is 33.9 Å². The molecule has 0 bridgehead atoms. The zero-order valence-electron chi connectivity index (χ0n) is 30.5. The molecular formula is C38H59N6O6P. The summed E-state index contributed by atoms with van der Waals surface area (Å²) in [5.74, 6) is 0.714. The molecule has 0 saturated carbocycles. The number of nitriles is 1. The van der Waals surface area contributed by atoms with Crippen molar-refractivity contribution < 1.29 is 28.2 Å². The van der Waals surface area contributed by atoms with Gasteiger partial charge in [0.05, 0.1) is 31.6 Å². The lowest BCUT2D eigenvalue weighted by atomic mass is 10.0. The monoisotopic (exact) mass is 726 g/mol. The molecule has 282 valence electrons. The topological polar surface area (TPSA) is 159 Å². The minimum Gasteiger partial charge on any atom is -0.469 e. The summed E-state index contributed by atoms with van der Waals surface area (Å²) in [5, 5.41) is 13.5. The Morgan fingerprint density at radius 1 is 0.922 bits per heavy atom. The van der Waals surface area contributed by atoms with Crippen molar-refractivity contribution in [3.05, 3.63) is 48.0 Å². The highest BCUT2D eigenvalue weighted by molar-refractivity contribution is 7.40. The fourth-order valence-corrected chi connectivity index (χ4v) is 7.05. The lowest BCUT2D eigenvalue weighted by Crippen LogP contribution is -2.29. The van der Waals surface area contributed by atoms with Crippen LogP contribution in [0.1, 0.15) is 140 Å². The molecule has 0 radical (unpaired) electrons. The van der Waals surface area contributed by atoms with Crippen LogP contribution in [0, 0.1) is 11.3 Å². The maximum Gasteiger partial charge on any atom is 0.330 e. The maximum atomic E-state index is 10.5. The Morgan fingerprint density at radius 3 is 2.29 bits per heavy atom. The fraction of sp³-hybridized carbons (Fsp3) is 0.684. The maximum absolute atomic E-state index is 10.5. The first-order valence-electron chi connectivity index (χ1n) is 19.2. The van der Waals surface area contributed by atoms with Crippen molar-refractivity contribution in [2.45, 2.75) is 141 Å². The smallest absolute Gasteiger partial charge is 0.330 e. The van der Waals surface area contributed by atoms with Gasteiger partial charge in [-0.05, 0) is 37.5 Å². The van der Waals surface area contributed by atoms with Crippen LogP contribution in [0.3, 0.4) is 0 Å². The summed E-state index contributed by atoms with van der Waals surface area (Å²) < 4.78 is 31.2. The van der Waals surface area contributed by atoms with Gasteiger partial charge in [-0.1, -0.05) is 109 Å².